The van der Waals surface area contributed by atoms with Crippen LogP contribution in [0.5, 0.6) is 0 Å². The van der Waals surface area contributed by atoms with E-state index >= 15 is 0 Å². The van der Waals surface area contributed by atoms with E-state index in [2.05, 4.69) is 65.9 Å². The standard InChI is InChI=1S/C23H19NOS/c1-26-16-20-14-13-19(23-24-21-9-5-6-10-22(21)25-23)15-18(20)12-11-17-7-3-2-4-8-17/h2-15H,16H2,1H3. The second-order valence-corrected chi connectivity index (χ2v) is 6.94. The van der Waals surface area contributed by atoms with Gasteiger partial charge in [-0.15, -0.1) is 0 Å². The van der Waals surface area contributed by atoms with Gasteiger partial charge in [0.2, 0.25) is 5.89 Å². The van der Waals surface area contributed by atoms with Crippen molar-refractivity contribution in [1.82, 2.24) is 4.98 Å². The highest BCUT2D eigenvalue weighted by Crippen LogP contribution is 2.28. The van der Waals surface area contributed by atoms with Gasteiger partial charge in [-0.2, -0.15) is 11.8 Å². The molecule has 0 unspecified atom stereocenters. The van der Waals surface area contributed by atoms with Crippen molar-refractivity contribution >= 4 is 35.0 Å². The summed E-state index contributed by atoms with van der Waals surface area (Å²) in [4.78, 5) is 4.62. The molecule has 1 aromatic heterocycles. The first kappa shape index (κ1) is 16.7. The zero-order valence-electron chi connectivity index (χ0n) is 14.6. The molecule has 26 heavy (non-hydrogen) atoms. The van der Waals surface area contributed by atoms with Crippen molar-refractivity contribution in [2.24, 2.45) is 0 Å². The van der Waals surface area contributed by atoms with Gasteiger partial charge in [0.15, 0.2) is 5.58 Å². The SMILES string of the molecule is CSCc1ccc(-c2nc3ccccc3o2)cc1C=Cc1ccccc1. The molecule has 0 spiro atoms. The predicted octanol–water partition coefficient (Wildman–Crippen LogP) is 6.53. The molecule has 0 aliphatic rings. The Bertz CT molecular complexity index is 1020. The van der Waals surface area contributed by atoms with Crippen molar-refractivity contribution in [3.8, 4) is 11.5 Å². The third-order valence-corrected chi connectivity index (χ3v) is 4.84. The summed E-state index contributed by atoms with van der Waals surface area (Å²) in [6.07, 6.45) is 6.45. The fraction of sp³-hybridized carbons (Fsp3) is 0.0870. The molecular formula is C23H19NOS. The highest BCUT2D eigenvalue weighted by molar-refractivity contribution is 7.97. The Morgan fingerprint density at radius 3 is 2.54 bits per heavy atom. The first-order valence-electron chi connectivity index (χ1n) is 8.54. The molecule has 0 atom stereocenters. The van der Waals surface area contributed by atoms with E-state index in [-0.39, 0.29) is 0 Å². The number of para-hydroxylation sites is 2. The number of fused-ring (bicyclic) bond motifs is 1. The lowest BCUT2D eigenvalue weighted by atomic mass is 10.0. The van der Waals surface area contributed by atoms with E-state index in [1.807, 2.05) is 42.1 Å². The first-order valence-corrected chi connectivity index (χ1v) is 9.94. The van der Waals surface area contributed by atoms with Crippen LogP contribution in [-0.2, 0) is 5.75 Å². The van der Waals surface area contributed by atoms with Crippen molar-refractivity contribution in [2.45, 2.75) is 5.75 Å². The summed E-state index contributed by atoms with van der Waals surface area (Å²) < 4.78 is 5.93. The minimum absolute atomic E-state index is 0.663. The number of thioether (sulfide) groups is 1. The Morgan fingerprint density at radius 2 is 1.73 bits per heavy atom. The molecule has 0 aliphatic heterocycles. The van der Waals surface area contributed by atoms with Gasteiger partial charge in [-0.1, -0.05) is 60.7 Å². The number of aromatic nitrogens is 1. The normalized spacial score (nSPS) is 11.4. The number of nitrogens with zero attached hydrogens (tertiary/aromatic N) is 1. The lowest BCUT2D eigenvalue weighted by Crippen LogP contribution is -1.88. The van der Waals surface area contributed by atoms with Gasteiger partial charge in [0.05, 0.1) is 0 Å². The van der Waals surface area contributed by atoms with E-state index in [0.29, 0.717) is 5.89 Å². The molecule has 0 N–H and O–H groups in total. The van der Waals surface area contributed by atoms with Crippen molar-refractivity contribution in [1.29, 1.82) is 0 Å². The molecule has 1 heterocycles. The average molecular weight is 357 g/mol. The number of oxazole rings is 1. The minimum atomic E-state index is 0.663. The van der Waals surface area contributed by atoms with Crippen molar-refractivity contribution < 1.29 is 4.42 Å². The Morgan fingerprint density at radius 1 is 0.923 bits per heavy atom. The van der Waals surface area contributed by atoms with Gasteiger partial charge >= 0.3 is 0 Å². The summed E-state index contributed by atoms with van der Waals surface area (Å²) in [6.45, 7) is 0. The molecule has 0 amide bonds. The Kier molecular flexibility index (Phi) is 4.89. The average Bonchev–Trinajstić information content (AvgIpc) is 3.12. The smallest absolute Gasteiger partial charge is 0.227 e. The Labute approximate surface area is 157 Å². The molecule has 3 aromatic carbocycles. The molecule has 128 valence electrons. The summed E-state index contributed by atoms with van der Waals surface area (Å²) >= 11 is 1.82. The summed E-state index contributed by atoms with van der Waals surface area (Å²) in [6, 6.07) is 24.6. The van der Waals surface area contributed by atoms with Gasteiger partial charge in [-0.25, -0.2) is 4.98 Å². The van der Waals surface area contributed by atoms with Gasteiger partial charge in [0, 0.05) is 11.3 Å². The second-order valence-electron chi connectivity index (χ2n) is 6.08. The van der Waals surface area contributed by atoms with Crippen LogP contribution in [0.2, 0.25) is 0 Å². The third-order valence-electron chi connectivity index (χ3n) is 4.24. The van der Waals surface area contributed by atoms with E-state index in [1.54, 1.807) is 0 Å². The predicted molar refractivity (Wildman–Crippen MR) is 112 cm³/mol. The summed E-state index contributed by atoms with van der Waals surface area (Å²) in [5.74, 6) is 1.64. The van der Waals surface area contributed by atoms with Gasteiger partial charge in [-0.05, 0) is 47.2 Å². The largest absolute Gasteiger partial charge is 0.436 e. The van der Waals surface area contributed by atoms with Crippen molar-refractivity contribution in [2.75, 3.05) is 6.26 Å². The number of hydrogen-bond acceptors (Lipinski definition) is 3. The molecule has 4 aromatic rings. The van der Waals surface area contributed by atoms with E-state index in [4.69, 9.17) is 4.42 Å². The van der Waals surface area contributed by atoms with Crippen LogP contribution in [0.4, 0.5) is 0 Å². The number of hydrogen-bond donors (Lipinski definition) is 0. The third kappa shape index (κ3) is 3.58. The Hall–Kier alpha value is -2.78. The second kappa shape index (κ2) is 7.63. The Balaban J connectivity index is 1.73. The fourth-order valence-corrected chi connectivity index (χ4v) is 3.49. The van der Waals surface area contributed by atoms with E-state index in [0.717, 1.165) is 22.4 Å². The van der Waals surface area contributed by atoms with Crippen LogP contribution >= 0.6 is 11.8 Å². The van der Waals surface area contributed by atoms with Crippen LogP contribution in [0.25, 0.3) is 34.7 Å². The highest BCUT2D eigenvalue weighted by atomic mass is 32.2. The minimum Gasteiger partial charge on any atom is -0.436 e. The highest BCUT2D eigenvalue weighted by Gasteiger charge is 2.10. The quantitative estimate of drug-likeness (QED) is 0.380. The zero-order valence-corrected chi connectivity index (χ0v) is 15.4. The number of benzene rings is 3. The molecule has 4 rings (SSSR count). The topological polar surface area (TPSA) is 26.0 Å². The van der Waals surface area contributed by atoms with Crippen LogP contribution in [0, 0.1) is 0 Å². The summed E-state index contributed by atoms with van der Waals surface area (Å²) in [5, 5.41) is 0. The molecule has 0 saturated heterocycles. The summed E-state index contributed by atoms with van der Waals surface area (Å²) in [5.41, 5.74) is 6.40. The lowest BCUT2D eigenvalue weighted by Gasteiger charge is -2.07. The van der Waals surface area contributed by atoms with Crippen LogP contribution in [-0.4, -0.2) is 11.2 Å². The molecule has 0 saturated carbocycles. The van der Waals surface area contributed by atoms with Crippen molar-refractivity contribution in [3.05, 3.63) is 89.5 Å². The maximum absolute atomic E-state index is 5.93. The maximum atomic E-state index is 5.93. The van der Waals surface area contributed by atoms with Crippen LogP contribution < -0.4 is 0 Å². The van der Waals surface area contributed by atoms with Crippen LogP contribution in [0.3, 0.4) is 0 Å². The van der Waals surface area contributed by atoms with Crippen LogP contribution in [0.1, 0.15) is 16.7 Å². The van der Waals surface area contributed by atoms with E-state index in [1.165, 1.54) is 16.7 Å². The van der Waals surface area contributed by atoms with Crippen molar-refractivity contribution in [3.63, 3.8) is 0 Å². The lowest BCUT2D eigenvalue weighted by molar-refractivity contribution is 0.620. The molecule has 0 fully saturated rings. The molecule has 0 aliphatic carbocycles. The monoisotopic (exact) mass is 357 g/mol. The molecule has 2 nitrogen and oxygen atoms in total. The first-order chi connectivity index (χ1) is 12.8. The summed E-state index contributed by atoms with van der Waals surface area (Å²) in [7, 11) is 0. The van der Waals surface area contributed by atoms with E-state index < -0.39 is 0 Å². The van der Waals surface area contributed by atoms with Gasteiger partial charge in [0.25, 0.3) is 0 Å². The van der Waals surface area contributed by atoms with Gasteiger partial charge in [0.1, 0.15) is 5.52 Å². The number of rotatable bonds is 5. The van der Waals surface area contributed by atoms with Gasteiger partial charge < -0.3 is 4.42 Å². The fourth-order valence-electron chi connectivity index (χ4n) is 2.92. The van der Waals surface area contributed by atoms with Gasteiger partial charge in [-0.3, -0.25) is 0 Å². The molecule has 3 heteroatoms. The van der Waals surface area contributed by atoms with Crippen LogP contribution in [0.15, 0.2) is 77.2 Å². The maximum Gasteiger partial charge on any atom is 0.227 e. The van der Waals surface area contributed by atoms with E-state index in [9.17, 15) is 0 Å². The molecule has 0 radical (unpaired) electrons. The molecular weight excluding hydrogens is 338 g/mol. The molecule has 0 bridgehead atoms. The zero-order chi connectivity index (χ0) is 17.8.